The summed E-state index contributed by atoms with van der Waals surface area (Å²) in [6, 6.07) is 5.63. The molecule has 0 aromatic heterocycles. The van der Waals surface area contributed by atoms with Crippen LogP contribution in [0.1, 0.15) is 18.5 Å². The van der Waals surface area contributed by atoms with Crippen LogP contribution in [0.2, 0.25) is 0 Å². The van der Waals surface area contributed by atoms with Gasteiger partial charge in [0, 0.05) is 0 Å². The van der Waals surface area contributed by atoms with Gasteiger partial charge >= 0.3 is 0 Å². The molecular formula is C12H14BrNO2. The largest absolute Gasteiger partial charge is 0.496 e. The first kappa shape index (κ1) is 12.8. The molecular weight excluding hydrogens is 270 g/mol. The van der Waals surface area contributed by atoms with Crippen molar-refractivity contribution in [1.82, 2.24) is 5.32 Å². The highest BCUT2D eigenvalue weighted by Crippen LogP contribution is 2.27. The van der Waals surface area contributed by atoms with E-state index in [0.29, 0.717) is 0 Å². The number of amides is 1. The zero-order valence-corrected chi connectivity index (χ0v) is 10.9. The monoisotopic (exact) mass is 283 g/mol. The van der Waals surface area contributed by atoms with Crippen molar-refractivity contribution in [3.05, 3.63) is 40.9 Å². The van der Waals surface area contributed by atoms with E-state index in [1.54, 1.807) is 7.11 Å². The number of hydrogen-bond acceptors (Lipinski definition) is 2. The second-order valence-corrected chi connectivity index (χ2v) is 4.18. The lowest BCUT2D eigenvalue weighted by Crippen LogP contribution is -2.24. The van der Waals surface area contributed by atoms with E-state index < -0.39 is 0 Å². The predicted octanol–water partition coefficient (Wildman–Crippen LogP) is 2.82. The van der Waals surface area contributed by atoms with Crippen LogP contribution in [-0.4, -0.2) is 13.0 Å². The van der Waals surface area contributed by atoms with Gasteiger partial charge in [-0.15, -0.1) is 0 Å². The molecule has 0 saturated heterocycles. The molecule has 0 spiro atoms. The topological polar surface area (TPSA) is 38.3 Å². The summed E-state index contributed by atoms with van der Waals surface area (Å²) in [6.07, 6.45) is 1.26. The third-order valence-corrected chi connectivity index (χ3v) is 2.84. The Balaban J connectivity index is 2.84. The van der Waals surface area contributed by atoms with Gasteiger partial charge in [-0.1, -0.05) is 12.6 Å². The summed E-state index contributed by atoms with van der Waals surface area (Å²) in [5.41, 5.74) is 1.00. The number of methoxy groups -OCH3 is 1. The van der Waals surface area contributed by atoms with Crippen molar-refractivity contribution >= 4 is 21.8 Å². The molecule has 1 aromatic carbocycles. The van der Waals surface area contributed by atoms with Crippen LogP contribution in [0.5, 0.6) is 5.75 Å². The molecule has 0 saturated carbocycles. The van der Waals surface area contributed by atoms with Crippen LogP contribution in [0.4, 0.5) is 0 Å². The Morgan fingerprint density at radius 1 is 1.62 bits per heavy atom. The minimum absolute atomic E-state index is 0.0623. The van der Waals surface area contributed by atoms with E-state index in [0.717, 1.165) is 15.8 Å². The van der Waals surface area contributed by atoms with E-state index >= 15 is 0 Å². The Hall–Kier alpha value is -1.29. The number of benzene rings is 1. The zero-order valence-electron chi connectivity index (χ0n) is 9.29. The summed E-state index contributed by atoms with van der Waals surface area (Å²) in [5.74, 6) is 0.588. The molecule has 0 aliphatic rings. The fourth-order valence-corrected chi connectivity index (χ4v) is 1.87. The summed E-state index contributed by atoms with van der Waals surface area (Å²) in [7, 11) is 1.61. The first-order valence-electron chi connectivity index (χ1n) is 4.85. The average molecular weight is 284 g/mol. The first-order valence-corrected chi connectivity index (χ1v) is 5.64. The number of carbonyl (C=O) groups excluding carboxylic acids is 1. The van der Waals surface area contributed by atoms with Gasteiger partial charge in [0.1, 0.15) is 5.75 Å². The van der Waals surface area contributed by atoms with E-state index in [1.165, 1.54) is 6.08 Å². The summed E-state index contributed by atoms with van der Waals surface area (Å²) in [4.78, 5) is 11.1. The first-order chi connectivity index (χ1) is 7.58. The van der Waals surface area contributed by atoms with Crippen LogP contribution in [0.15, 0.2) is 35.3 Å². The SMILES string of the molecule is C=CC(=O)NC(C)c1ccc(OC)c(Br)c1. The number of ether oxygens (including phenoxy) is 1. The molecule has 3 nitrogen and oxygen atoms in total. The minimum Gasteiger partial charge on any atom is -0.496 e. The molecule has 1 rings (SSSR count). The molecule has 1 aromatic rings. The third-order valence-electron chi connectivity index (χ3n) is 2.22. The molecule has 1 amide bonds. The molecule has 1 unspecified atom stereocenters. The molecule has 16 heavy (non-hydrogen) atoms. The van der Waals surface area contributed by atoms with Gasteiger partial charge in [-0.2, -0.15) is 0 Å². The maximum absolute atomic E-state index is 11.1. The van der Waals surface area contributed by atoms with Crippen LogP contribution in [0.3, 0.4) is 0 Å². The smallest absolute Gasteiger partial charge is 0.243 e. The Morgan fingerprint density at radius 3 is 2.81 bits per heavy atom. The molecule has 86 valence electrons. The van der Waals surface area contributed by atoms with Gasteiger partial charge < -0.3 is 10.1 Å². The predicted molar refractivity (Wildman–Crippen MR) is 67.4 cm³/mol. The second-order valence-electron chi connectivity index (χ2n) is 3.33. The van der Waals surface area contributed by atoms with Gasteiger partial charge in [0.15, 0.2) is 0 Å². The molecule has 0 radical (unpaired) electrons. The van der Waals surface area contributed by atoms with Gasteiger partial charge in [0.05, 0.1) is 17.6 Å². The lowest BCUT2D eigenvalue weighted by Gasteiger charge is -2.14. The second kappa shape index (κ2) is 5.70. The zero-order chi connectivity index (χ0) is 12.1. The molecule has 4 heteroatoms. The van der Waals surface area contributed by atoms with Crippen molar-refractivity contribution in [3.8, 4) is 5.75 Å². The Morgan fingerprint density at radius 2 is 2.31 bits per heavy atom. The lowest BCUT2D eigenvalue weighted by atomic mass is 10.1. The normalized spacial score (nSPS) is 11.7. The molecule has 1 N–H and O–H groups in total. The highest BCUT2D eigenvalue weighted by Gasteiger charge is 2.09. The molecule has 0 aliphatic heterocycles. The van der Waals surface area contributed by atoms with Crippen LogP contribution in [-0.2, 0) is 4.79 Å². The highest BCUT2D eigenvalue weighted by atomic mass is 79.9. The molecule has 0 fully saturated rings. The van der Waals surface area contributed by atoms with E-state index in [1.807, 2.05) is 25.1 Å². The van der Waals surface area contributed by atoms with Crippen LogP contribution >= 0.6 is 15.9 Å². The molecule has 1 atom stereocenters. The van der Waals surface area contributed by atoms with E-state index in [4.69, 9.17) is 4.74 Å². The molecule has 0 heterocycles. The van der Waals surface area contributed by atoms with Gasteiger partial charge in [0.25, 0.3) is 0 Å². The van der Waals surface area contributed by atoms with Gasteiger partial charge in [-0.05, 0) is 46.6 Å². The fourth-order valence-electron chi connectivity index (χ4n) is 1.31. The average Bonchev–Trinajstić information content (AvgIpc) is 2.28. The minimum atomic E-state index is -0.181. The van der Waals surface area contributed by atoms with Gasteiger partial charge in [0.2, 0.25) is 5.91 Å². The summed E-state index contributed by atoms with van der Waals surface area (Å²) in [5, 5.41) is 2.79. The maximum atomic E-state index is 11.1. The van der Waals surface area contributed by atoms with Crippen molar-refractivity contribution < 1.29 is 9.53 Å². The van der Waals surface area contributed by atoms with Crippen molar-refractivity contribution in [2.24, 2.45) is 0 Å². The standard InChI is InChI=1S/C12H14BrNO2/c1-4-12(15)14-8(2)9-5-6-11(16-3)10(13)7-9/h4-8H,1H2,2-3H3,(H,14,15). The van der Waals surface area contributed by atoms with Crippen molar-refractivity contribution in [1.29, 1.82) is 0 Å². The van der Waals surface area contributed by atoms with Crippen LogP contribution < -0.4 is 10.1 Å². The highest BCUT2D eigenvalue weighted by molar-refractivity contribution is 9.10. The van der Waals surface area contributed by atoms with E-state index in [2.05, 4.69) is 27.8 Å². The van der Waals surface area contributed by atoms with Crippen molar-refractivity contribution in [3.63, 3.8) is 0 Å². The fraction of sp³-hybridized carbons (Fsp3) is 0.250. The summed E-state index contributed by atoms with van der Waals surface area (Å²) < 4.78 is 6.00. The lowest BCUT2D eigenvalue weighted by molar-refractivity contribution is -0.117. The molecule has 0 aliphatic carbocycles. The number of halogens is 1. The van der Waals surface area contributed by atoms with Crippen molar-refractivity contribution in [2.75, 3.05) is 7.11 Å². The third kappa shape index (κ3) is 3.10. The van der Waals surface area contributed by atoms with Gasteiger partial charge in [-0.3, -0.25) is 4.79 Å². The Labute approximate surface area is 104 Å². The number of nitrogens with one attached hydrogen (secondary N) is 1. The van der Waals surface area contributed by atoms with E-state index in [-0.39, 0.29) is 11.9 Å². The number of rotatable bonds is 4. The Kier molecular flexibility index (Phi) is 4.55. The number of hydrogen-bond donors (Lipinski definition) is 1. The quantitative estimate of drug-likeness (QED) is 0.863. The van der Waals surface area contributed by atoms with Crippen LogP contribution in [0.25, 0.3) is 0 Å². The summed E-state index contributed by atoms with van der Waals surface area (Å²) in [6.45, 7) is 5.32. The molecule has 0 bridgehead atoms. The maximum Gasteiger partial charge on any atom is 0.243 e. The number of carbonyl (C=O) groups is 1. The van der Waals surface area contributed by atoms with E-state index in [9.17, 15) is 4.79 Å². The Bertz CT molecular complexity index is 404. The van der Waals surface area contributed by atoms with Crippen molar-refractivity contribution in [2.45, 2.75) is 13.0 Å². The van der Waals surface area contributed by atoms with Gasteiger partial charge in [-0.25, -0.2) is 0 Å². The van der Waals surface area contributed by atoms with Crippen LogP contribution in [0, 0.1) is 0 Å². The summed E-state index contributed by atoms with van der Waals surface area (Å²) >= 11 is 3.40.